The maximum atomic E-state index is 12.7. The standard InChI is InChI=1S/C25H27N5O/c1-18-4-7-22-20(17-18)6-5-19-3-2-10-27-23(19)24(22)29-13-15-30(16-14-29)25(31)28-21-8-11-26-12-9-21/h2-4,7-12,17,24H,5-6,13-16H2,1H3,(H,26,28,31). The average Bonchev–Trinajstić information content (AvgIpc) is 2.96. The van der Waals surface area contributed by atoms with Crippen LogP contribution < -0.4 is 5.32 Å². The number of piperazine rings is 1. The van der Waals surface area contributed by atoms with E-state index in [1.807, 2.05) is 17.2 Å². The molecule has 2 aromatic heterocycles. The molecule has 3 aromatic rings. The van der Waals surface area contributed by atoms with Gasteiger partial charge in [0.1, 0.15) is 0 Å². The van der Waals surface area contributed by atoms with Crippen LogP contribution in [0, 0.1) is 6.92 Å². The molecule has 158 valence electrons. The van der Waals surface area contributed by atoms with Crippen molar-refractivity contribution < 1.29 is 4.79 Å². The van der Waals surface area contributed by atoms with Crippen molar-refractivity contribution in [2.75, 3.05) is 31.5 Å². The lowest BCUT2D eigenvalue weighted by molar-refractivity contribution is 0.125. The Morgan fingerprint density at radius 2 is 1.74 bits per heavy atom. The Morgan fingerprint density at radius 1 is 0.968 bits per heavy atom. The SMILES string of the molecule is Cc1ccc2c(c1)CCc1cccnc1C2N1CCN(C(=O)Nc2ccncc2)CC1. The molecule has 2 aliphatic rings. The minimum absolute atomic E-state index is 0.0544. The van der Waals surface area contributed by atoms with Crippen molar-refractivity contribution in [1.29, 1.82) is 0 Å². The second-order valence-electron chi connectivity index (χ2n) is 8.34. The summed E-state index contributed by atoms with van der Waals surface area (Å²) in [6, 6.07) is 14.8. The van der Waals surface area contributed by atoms with Gasteiger partial charge in [-0.3, -0.25) is 14.9 Å². The third-order valence-electron chi connectivity index (χ3n) is 6.34. The van der Waals surface area contributed by atoms with Crippen LogP contribution >= 0.6 is 0 Å². The van der Waals surface area contributed by atoms with Gasteiger partial charge in [0, 0.05) is 50.5 Å². The largest absolute Gasteiger partial charge is 0.322 e. The maximum Gasteiger partial charge on any atom is 0.321 e. The highest BCUT2D eigenvalue weighted by Crippen LogP contribution is 2.36. The van der Waals surface area contributed by atoms with Crippen molar-refractivity contribution in [3.8, 4) is 0 Å². The molecule has 0 bridgehead atoms. The normalized spacial score (nSPS) is 18.6. The predicted molar refractivity (Wildman–Crippen MR) is 121 cm³/mol. The zero-order valence-electron chi connectivity index (χ0n) is 17.8. The summed E-state index contributed by atoms with van der Waals surface area (Å²) in [6.45, 7) is 5.18. The van der Waals surface area contributed by atoms with Crippen molar-refractivity contribution >= 4 is 11.7 Å². The number of benzene rings is 1. The smallest absolute Gasteiger partial charge is 0.321 e. The molecule has 1 N–H and O–H groups in total. The van der Waals surface area contributed by atoms with Gasteiger partial charge in [-0.2, -0.15) is 0 Å². The molecule has 6 heteroatoms. The number of carbonyl (C=O) groups excluding carboxylic acids is 1. The Hall–Kier alpha value is -3.25. The molecule has 0 saturated carbocycles. The van der Waals surface area contributed by atoms with E-state index < -0.39 is 0 Å². The first-order chi connectivity index (χ1) is 15.2. The van der Waals surface area contributed by atoms with Crippen molar-refractivity contribution in [2.24, 2.45) is 0 Å². The van der Waals surface area contributed by atoms with Crippen molar-refractivity contribution in [2.45, 2.75) is 25.8 Å². The Balaban J connectivity index is 1.37. The van der Waals surface area contributed by atoms with Gasteiger partial charge in [-0.05, 0) is 54.7 Å². The van der Waals surface area contributed by atoms with E-state index in [0.717, 1.165) is 31.6 Å². The van der Waals surface area contributed by atoms with Gasteiger partial charge in [-0.15, -0.1) is 0 Å². The summed E-state index contributed by atoms with van der Waals surface area (Å²) in [5.41, 5.74) is 7.35. The van der Waals surface area contributed by atoms with E-state index >= 15 is 0 Å². The van der Waals surface area contributed by atoms with Crippen LogP contribution in [0.3, 0.4) is 0 Å². The number of aryl methyl sites for hydroxylation is 3. The first kappa shape index (κ1) is 19.7. The molecule has 5 rings (SSSR count). The van der Waals surface area contributed by atoms with Crippen molar-refractivity contribution in [3.63, 3.8) is 0 Å². The maximum absolute atomic E-state index is 12.7. The number of fused-ring (bicyclic) bond motifs is 2. The highest BCUT2D eigenvalue weighted by molar-refractivity contribution is 5.89. The van der Waals surface area contributed by atoms with Crippen molar-refractivity contribution in [1.82, 2.24) is 19.8 Å². The van der Waals surface area contributed by atoms with Crippen LogP contribution in [0.2, 0.25) is 0 Å². The lowest BCUT2D eigenvalue weighted by atomic mass is 9.94. The number of hydrogen-bond acceptors (Lipinski definition) is 4. The van der Waals surface area contributed by atoms with Crippen LogP contribution in [0.4, 0.5) is 10.5 Å². The van der Waals surface area contributed by atoms with Gasteiger partial charge in [0.25, 0.3) is 0 Å². The minimum Gasteiger partial charge on any atom is -0.322 e. The molecule has 1 saturated heterocycles. The van der Waals surface area contributed by atoms with Gasteiger partial charge >= 0.3 is 6.03 Å². The van der Waals surface area contributed by atoms with Crippen molar-refractivity contribution in [3.05, 3.63) is 89.0 Å². The summed E-state index contributed by atoms with van der Waals surface area (Å²) in [7, 11) is 0. The zero-order chi connectivity index (χ0) is 21.2. The summed E-state index contributed by atoms with van der Waals surface area (Å²) in [6.07, 6.45) is 7.33. The molecule has 0 radical (unpaired) electrons. The molecule has 1 unspecified atom stereocenters. The van der Waals surface area contributed by atoms with Crippen LogP contribution in [0.5, 0.6) is 0 Å². The molecule has 2 amide bonds. The summed E-state index contributed by atoms with van der Waals surface area (Å²) in [5.74, 6) is 0. The average molecular weight is 414 g/mol. The summed E-state index contributed by atoms with van der Waals surface area (Å²) in [4.78, 5) is 25.9. The molecular weight excluding hydrogens is 386 g/mol. The number of nitrogens with zero attached hydrogens (tertiary/aromatic N) is 4. The number of carbonyl (C=O) groups is 1. The quantitative estimate of drug-likeness (QED) is 0.694. The number of aromatic nitrogens is 2. The Morgan fingerprint density at radius 3 is 2.55 bits per heavy atom. The summed E-state index contributed by atoms with van der Waals surface area (Å²) >= 11 is 0. The molecule has 1 aromatic carbocycles. The molecule has 1 fully saturated rings. The zero-order valence-corrected chi connectivity index (χ0v) is 17.8. The second-order valence-corrected chi connectivity index (χ2v) is 8.34. The molecule has 1 aliphatic carbocycles. The summed E-state index contributed by atoms with van der Waals surface area (Å²) in [5, 5.41) is 2.97. The van der Waals surface area contributed by atoms with Gasteiger partial charge in [-0.1, -0.05) is 29.8 Å². The third-order valence-corrected chi connectivity index (χ3v) is 6.34. The lowest BCUT2D eigenvalue weighted by Gasteiger charge is -2.39. The van der Waals surface area contributed by atoms with E-state index in [0.29, 0.717) is 13.1 Å². The molecule has 0 spiro atoms. The number of urea groups is 1. The van der Waals surface area contributed by atoms with Crippen LogP contribution in [0.25, 0.3) is 0 Å². The first-order valence-electron chi connectivity index (χ1n) is 10.9. The Labute approximate surface area is 182 Å². The van der Waals surface area contributed by atoms with E-state index in [9.17, 15) is 4.79 Å². The van der Waals surface area contributed by atoms with E-state index in [1.165, 1.54) is 27.9 Å². The Bertz CT molecular complexity index is 1080. The fourth-order valence-electron chi connectivity index (χ4n) is 4.73. The number of anilines is 1. The lowest BCUT2D eigenvalue weighted by Crippen LogP contribution is -2.51. The molecule has 31 heavy (non-hydrogen) atoms. The van der Waals surface area contributed by atoms with Gasteiger partial charge in [0.15, 0.2) is 0 Å². The topological polar surface area (TPSA) is 61.4 Å². The van der Waals surface area contributed by atoms with Gasteiger partial charge in [0.2, 0.25) is 0 Å². The molecule has 1 atom stereocenters. The van der Waals surface area contributed by atoms with Gasteiger partial charge in [-0.25, -0.2) is 4.79 Å². The monoisotopic (exact) mass is 413 g/mol. The first-order valence-corrected chi connectivity index (χ1v) is 10.9. The van der Waals surface area contributed by atoms with Crippen LogP contribution in [0.15, 0.2) is 61.1 Å². The second kappa shape index (κ2) is 8.47. The van der Waals surface area contributed by atoms with Crippen LogP contribution in [0.1, 0.15) is 34.0 Å². The number of rotatable bonds is 2. The van der Waals surface area contributed by atoms with E-state index in [4.69, 9.17) is 4.98 Å². The molecule has 3 heterocycles. The fraction of sp³-hybridized carbons (Fsp3) is 0.320. The van der Waals surface area contributed by atoms with E-state index in [1.54, 1.807) is 24.5 Å². The van der Waals surface area contributed by atoms with E-state index in [-0.39, 0.29) is 12.1 Å². The highest BCUT2D eigenvalue weighted by atomic mass is 16.2. The molecular formula is C25H27N5O. The summed E-state index contributed by atoms with van der Waals surface area (Å²) < 4.78 is 0. The molecule has 6 nitrogen and oxygen atoms in total. The van der Waals surface area contributed by atoms with Gasteiger partial charge in [0.05, 0.1) is 11.7 Å². The van der Waals surface area contributed by atoms with Gasteiger partial charge < -0.3 is 10.2 Å². The molecule has 1 aliphatic heterocycles. The number of pyridine rings is 2. The minimum atomic E-state index is -0.0544. The number of amides is 2. The fourth-order valence-corrected chi connectivity index (χ4v) is 4.73. The predicted octanol–water partition coefficient (Wildman–Crippen LogP) is 3.82. The van der Waals surface area contributed by atoms with Crippen LogP contribution in [-0.4, -0.2) is 52.0 Å². The van der Waals surface area contributed by atoms with Crippen LogP contribution in [-0.2, 0) is 12.8 Å². The highest BCUT2D eigenvalue weighted by Gasteiger charge is 2.33. The number of hydrogen-bond donors (Lipinski definition) is 1. The third kappa shape index (κ3) is 4.03. The number of nitrogens with one attached hydrogen (secondary N) is 1. The Kier molecular flexibility index (Phi) is 5.38. The van der Waals surface area contributed by atoms with E-state index in [2.05, 4.69) is 46.4 Å².